The van der Waals surface area contributed by atoms with Crippen molar-refractivity contribution in [3.8, 4) is 0 Å². The lowest BCUT2D eigenvalue weighted by Crippen LogP contribution is -2.23. The summed E-state index contributed by atoms with van der Waals surface area (Å²) in [6.45, 7) is 0.754. The Morgan fingerprint density at radius 2 is 1.82 bits per heavy atom. The van der Waals surface area contributed by atoms with Gasteiger partial charge in [-0.2, -0.15) is 0 Å². The van der Waals surface area contributed by atoms with Crippen molar-refractivity contribution in [3.63, 3.8) is 0 Å². The number of pyridine rings is 1. The van der Waals surface area contributed by atoms with Crippen LogP contribution in [0.15, 0.2) is 53.7 Å². The molecule has 0 aliphatic heterocycles. The number of rotatable bonds is 4. The molecule has 0 radical (unpaired) electrons. The third-order valence-electron chi connectivity index (χ3n) is 3.88. The van der Waals surface area contributed by atoms with Crippen LogP contribution in [0.3, 0.4) is 0 Å². The molecule has 0 spiro atoms. The van der Waals surface area contributed by atoms with Crippen molar-refractivity contribution >= 4 is 35.8 Å². The molecule has 2 aromatic rings. The lowest BCUT2D eigenvalue weighted by molar-refractivity contribution is 0.523. The fourth-order valence-electron chi connectivity index (χ4n) is 2.83. The topological polar surface area (TPSA) is 63.3 Å². The van der Waals surface area contributed by atoms with Crippen molar-refractivity contribution in [1.82, 2.24) is 4.98 Å². The number of nitrogens with two attached hydrogens (primary N) is 1. The van der Waals surface area contributed by atoms with E-state index in [2.05, 4.69) is 39.6 Å². The number of fused-ring (bicyclic) bond motifs is 1. The Morgan fingerprint density at radius 3 is 2.45 bits per heavy atom. The molecule has 0 saturated heterocycles. The minimum Gasteiger partial charge on any atom is -0.370 e. The zero-order valence-electron chi connectivity index (χ0n) is 12.4. The molecule has 3 rings (SSSR count). The van der Waals surface area contributed by atoms with Crippen LogP contribution < -0.4 is 11.1 Å². The van der Waals surface area contributed by atoms with Crippen LogP contribution in [0.5, 0.6) is 0 Å². The van der Waals surface area contributed by atoms with Gasteiger partial charge < -0.3 is 11.1 Å². The number of nitrogens with zero attached hydrogens (tertiary/aromatic N) is 2. The second-order valence-electron chi connectivity index (χ2n) is 5.44. The molecule has 0 bridgehead atoms. The van der Waals surface area contributed by atoms with Gasteiger partial charge >= 0.3 is 0 Å². The zero-order chi connectivity index (χ0) is 14.5. The van der Waals surface area contributed by atoms with Crippen LogP contribution >= 0.6 is 24.0 Å². The summed E-state index contributed by atoms with van der Waals surface area (Å²) in [5, 5.41) is 3.00. The van der Waals surface area contributed by atoms with Gasteiger partial charge in [-0.25, -0.2) is 4.98 Å². The van der Waals surface area contributed by atoms with Crippen molar-refractivity contribution in [2.45, 2.75) is 19.3 Å². The van der Waals surface area contributed by atoms with Crippen LogP contribution in [-0.2, 0) is 12.8 Å². The third-order valence-corrected chi connectivity index (χ3v) is 3.88. The summed E-state index contributed by atoms with van der Waals surface area (Å²) < 4.78 is 0. The van der Waals surface area contributed by atoms with Crippen LogP contribution in [-0.4, -0.2) is 17.5 Å². The van der Waals surface area contributed by atoms with Crippen LogP contribution in [0.2, 0.25) is 0 Å². The van der Waals surface area contributed by atoms with Crippen molar-refractivity contribution in [2.75, 3.05) is 11.9 Å². The summed E-state index contributed by atoms with van der Waals surface area (Å²) in [5.74, 6) is 1.85. The summed E-state index contributed by atoms with van der Waals surface area (Å²) >= 11 is 0. The molecule has 1 aliphatic carbocycles. The molecule has 1 aromatic heterocycles. The summed E-state index contributed by atoms with van der Waals surface area (Å²) in [4.78, 5) is 8.55. The molecule has 1 aromatic carbocycles. The SMILES string of the molecule is I.NC(=NCCC1Cc2ccccc2C1)Nc1ccccn1. The highest BCUT2D eigenvalue weighted by Gasteiger charge is 2.20. The lowest BCUT2D eigenvalue weighted by Gasteiger charge is -2.07. The van der Waals surface area contributed by atoms with Gasteiger partial charge in [0.1, 0.15) is 5.82 Å². The van der Waals surface area contributed by atoms with Gasteiger partial charge in [-0.15, -0.1) is 24.0 Å². The van der Waals surface area contributed by atoms with Crippen LogP contribution in [0.4, 0.5) is 5.82 Å². The van der Waals surface area contributed by atoms with Crippen molar-refractivity contribution in [1.29, 1.82) is 0 Å². The largest absolute Gasteiger partial charge is 0.370 e. The second kappa shape index (κ2) is 8.12. The fourth-order valence-corrected chi connectivity index (χ4v) is 2.83. The quantitative estimate of drug-likeness (QED) is 0.464. The highest BCUT2D eigenvalue weighted by Crippen LogP contribution is 2.28. The standard InChI is InChI=1S/C17H20N4.HI/c18-17(21-16-7-3-4-9-19-16)20-10-8-13-11-14-5-1-2-6-15(14)12-13;/h1-7,9,13H,8,10-12H2,(H3,18,19,20,21);1H. The van der Waals surface area contributed by atoms with Gasteiger partial charge in [0.2, 0.25) is 0 Å². The Labute approximate surface area is 148 Å². The monoisotopic (exact) mass is 408 g/mol. The average Bonchev–Trinajstić information content (AvgIpc) is 2.91. The van der Waals surface area contributed by atoms with Gasteiger partial charge in [0.25, 0.3) is 0 Å². The molecule has 1 aliphatic rings. The highest BCUT2D eigenvalue weighted by atomic mass is 127. The van der Waals surface area contributed by atoms with Crippen LogP contribution in [0.1, 0.15) is 17.5 Å². The minimum atomic E-state index is 0. The van der Waals surface area contributed by atoms with Crippen molar-refractivity contribution in [3.05, 3.63) is 59.8 Å². The van der Waals surface area contributed by atoms with Gasteiger partial charge in [-0.3, -0.25) is 4.99 Å². The third kappa shape index (κ3) is 4.43. The average molecular weight is 408 g/mol. The first-order chi connectivity index (χ1) is 10.3. The van der Waals surface area contributed by atoms with E-state index in [1.807, 2.05) is 18.2 Å². The lowest BCUT2D eigenvalue weighted by atomic mass is 10.0. The normalized spacial score (nSPS) is 14.3. The summed E-state index contributed by atoms with van der Waals surface area (Å²) in [6.07, 6.45) is 5.13. The molecular weight excluding hydrogens is 387 g/mol. The van der Waals surface area contributed by atoms with E-state index in [1.165, 1.54) is 24.0 Å². The maximum Gasteiger partial charge on any atom is 0.194 e. The summed E-state index contributed by atoms with van der Waals surface area (Å²) in [5.41, 5.74) is 8.86. The Hall–Kier alpha value is -1.63. The number of halogens is 1. The molecule has 0 atom stereocenters. The van der Waals surface area contributed by atoms with Crippen molar-refractivity contribution in [2.24, 2.45) is 16.6 Å². The molecule has 116 valence electrons. The zero-order valence-corrected chi connectivity index (χ0v) is 14.7. The molecular formula is C17H21IN4. The number of benzene rings is 1. The predicted octanol–water partition coefficient (Wildman–Crippen LogP) is 3.23. The Kier molecular flexibility index (Phi) is 6.18. The van der Waals surface area contributed by atoms with E-state index < -0.39 is 0 Å². The van der Waals surface area contributed by atoms with Gasteiger partial charge in [0, 0.05) is 12.7 Å². The van der Waals surface area contributed by atoms with Crippen molar-refractivity contribution < 1.29 is 0 Å². The van der Waals surface area contributed by atoms with Crippen LogP contribution in [0, 0.1) is 5.92 Å². The van der Waals surface area contributed by atoms with E-state index in [1.54, 1.807) is 6.20 Å². The molecule has 0 unspecified atom stereocenters. The summed E-state index contributed by atoms with van der Waals surface area (Å²) in [7, 11) is 0. The van der Waals surface area contributed by atoms with E-state index in [4.69, 9.17) is 5.73 Å². The van der Waals surface area contributed by atoms with E-state index in [0.29, 0.717) is 11.9 Å². The molecule has 0 saturated carbocycles. The van der Waals surface area contributed by atoms with E-state index in [9.17, 15) is 0 Å². The molecule has 1 heterocycles. The maximum atomic E-state index is 5.87. The number of aliphatic imine (C=N–C) groups is 1. The minimum absolute atomic E-state index is 0. The first-order valence-corrected chi connectivity index (χ1v) is 7.36. The number of guanidine groups is 1. The Bertz CT molecular complexity index is 603. The maximum absolute atomic E-state index is 5.87. The van der Waals surface area contributed by atoms with Gasteiger partial charge in [0.15, 0.2) is 5.96 Å². The number of anilines is 1. The van der Waals surface area contributed by atoms with Gasteiger partial charge in [-0.1, -0.05) is 30.3 Å². The Balaban J connectivity index is 0.00000176. The van der Waals surface area contributed by atoms with Gasteiger partial charge in [0.05, 0.1) is 0 Å². The predicted molar refractivity (Wildman–Crippen MR) is 102 cm³/mol. The molecule has 4 nitrogen and oxygen atoms in total. The summed E-state index contributed by atoms with van der Waals surface area (Å²) in [6, 6.07) is 14.4. The Morgan fingerprint density at radius 1 is 1.14 bits per heavy atom. The van der Waals surface area contributed by atoms with E-state index in [-0.39, 0.29) is 24.0 Å². The molecule has 0 amide bonds. The molecule has 0 fully saturated rings. The van der Waals surface area contributed by atoms with E-state index in [0.717, 1.165) is 18.8 Å². The molecule has 5 heteroatoms. The first-order valence-electron chi connectivity index (χ1n) is 7.36. The highest BCUT2D eigenvalue weighted by molar-refractivity contribution is 14.0. The van der Waals surface area contributed by atoms with E-state index >= 15 is 0 Å². The number of nitrogens with one attached hydrogen (secondary N) is 1. The number of hydrogen-bond acceptors (Lipinski definition) is 2. The fraction of sp³-hybridized carbons (Fsp3) is 0.294. The smallest absolute Gasteiger partial charge is 0.194 e. The number of aromatic nitrogens is 1. The van der Waals surface area contributed by atoms with Crippen LogP contribution in [0.25, 0.3) is 0 Å². The van der Waals surface area contributed by atoms with Gasteiger partial charge in [-0.05, 0) is 48.4 Å². The molecule has 22 heavy (non-hydrogen) atoms. The number of hydrogen-bond donors (Lipinski definition) is 2. The molecule has 3 N–H and O–H groups in total. The second-order valence-corrected chi connectivity index (χ2v) is 5.44. The first kappa shape index (κ1) is 16.7.